The fourth-order valence-electron chi connectivity index (χ4n) is 4.55. The van der Waals surface area contributed by atoms with E-state index in [0.717, 1.165) is 22.8 Å². The number of rotatable bonds is 5. The van der Waals surface area contributed by atoms with Gasteiger partial charge in [0.1, 0.15) is 5.69 Å². The summed E-state index contributed by atoms with van der Waals surface area (Å²) in [6.45, 7) is 1.75. The zero-order valence-corrected chi connectivity index (χ0v) is 29.6. The number of aryl methyl sites for hydroxylation is 3. The Morgan fingerprint density at radius 2 is 1.04 bits per heavy atom. The Bertz CT molecular complexity index is 2400. The summed E-state index contributed by atoms with van der Waals surface area (Å²) < 4.78 is 6.28. The van der Waals surface area contributed by atoms with Crippen molar-refractivity contribution in [1.82, 2.24) is 52.7 Å². The number of aromatic nitrogens is 10. The third-order valence-electron chi connectivity index (χ3n) is 7.53. The molecule has 0 aliphatic carbocycles. The van der Waals surface area contributed by atoms with Crippen LogP contribution in [0.3, 0.4) is 0 Å². The summed E-state index contributed by atoms with van der Waals surface area (Å²) >= 11 is 0. The molecule has 0 aliphatic heterocycles. The molecule has 0 saturated carbocycles. The van der Waals surface area contributed by atoms with Crippen molar-refractivity contribution in [2.24, 2.45) is 42.3 Å². The van der Waals surface area contributed by atoms with E-state index < -0.39 is 28.1 Å². The number of carbonyl (C=O) groups is 2. The highest BCUT2D eigenvalue weighted by Gasteiger charge is 2.21. The molecule has 0 radical (unpaired) electrons. The molecule has 5 heterocycles. The molecule has 22 heteroatoms. The van der Waals surface area contributed by atoms with Crippen LogP contribution < -0.4 is 55.4 Å². The molecule has 0 saturated heterocycles. The number of hydrogen-bond acceptors (Lipinski definition) is 15. The molecular weight excluding hydrogens is 672 g/mol. The van der Waals surface area contributed by atoms with Crippen LogP contribution in [0.4, 0.5) is 17.3 Å². The lowest BCUT2D eigenvalue weighted by molar-refractivity contribution is 0.0953. The van der Waals surface area contributed by atoms with Gasteiger partial charge in [-0.15, -0.1) is 0 Å². The summed E-state index contributed by atoms with van der Waals surface area (Å²) in [6, 6.07) is 0. The molecule has 51 heavy (non-hydrogen) atoms. The van der Waals surface area contributed by atoms with E-state index in [-0.39, 0.29) is 62.6 Å². The Hall–Kier alpha value is -6.74. The molecule has 0 fully saturated rings. The first kappa shape index (κ1) is 38.7. The van der Waals surface area contributed by atoms with Crippen molar-refractivity contribution in [3.63, 3.8) is 0 Å². The third-order valence-corrected chi connectivity index (χ3v) is 7.53. The van der Waals surface area contributed by atoms with Gasteiger partial charge >= 0.3 is 17.1 Å². The average Bonchev–Trinajstić information content (AvgIpc) is 3.14. The van der Waals surface area contributed by atoms with Crippen LogP contribution in [-0.4, -0.2) is 80.2 Å². The van der Waals surface area contributed by atoms with Gasteiger partial charge in [0.25, 0.3) is 22.6 Å². The van der Waals surface area contributed by atoms with Crippen LogP contribution in [0.5, 0.6) is 0 Å². The molecule has 5 aromatic rings. The Kier molecular flexibility index (Phi) is 11.5. The van der Waals surface area contributed by atoms with Gasteiger partial charge in [-0.1, -0.05) is 6.92 Å². The maximum atomic E-state index is 12.2. The number of nitrogens with one attached hydrogen (secondary N) is 3. The molecule has 0 bridgehead atoms. The van der Waals surface area contributed by atoms with E-state index in [1.807, 2.05) is 0 Å². The van der Waals surface area contributed by atoms with Crippen molar-refractivity contribution in [2.45, 2.75) is 13.3 Å². The van der Waals surface area contributed by atoms with E-state index in [1.165, 1.54) is 60.1 Å². The molecule has 5 aromatic heterocycles. The Morgan fingerprint density at radius 1 is 0.627 bits per heavy atom. The first-order valence-electron chi connectivity index (χ1n) is 15.0. The van der Waals surface area contributed by atoms with Crippen LogP contribution in [0.2, 0.25) is 0 Å². The highest BCUT2D eigenvalue weighted by atomic mass is 16.2. The molecular formula is C29H38N14O8. The first-order chi connectivity index (χ1) is 23.9. The van der Waals surface area contributed by atoms with Crippen LogP contribution in [0.1, 0.15) is 34.3 Å². The molecule has 5 N–H and O–H groups in total. The number of anilines is 3. The summed E-state index contributed by atoms with van der Waals surface area (Å²) in [4.78, 5) is 110. The zero-order valence-electron chi connectivity index (χ0n) is 29.6. The second kappa shape index (κ2) is 15.2. The zero-order chi connectivity index (χ0) is 38.6. The van der Waals surface area contributed by atoms with Crippen molar-refractivity contribution in [1.29, 1.82) is 0 Å². The Labute approximate surface area is 286 Å². The maximum Gasteiger partial charge on any atom is 0.332 e. The number of carbonyl (C=O) groups excluding carboxylic acids is 2. The molecule has 1 amide bonds. The maximum absolute atomic E-state index is 12.2. The molecule has 0 spiro atoms. The fraction of sp³-hybridized carbons (Fsp3) is 0.379. The van der Waals surface area contributed by atoms with E-state index in [1.54, 1.807) is 21.0 Å². The molecule has 272 valence electrons. The summed E-state index contributed by atoms with van der Waals surface area (Å²) in [6.07, 6.45) is 1.64. The predicted octanol–water partition coefficient (Wildman–Crippen LogP) is -3.24. The predicted molar refractivity (Wildman–Crippen MR) is 188 cm³/mol. The van der Waals surface area contributed by atoms with Crippen molar-refractivity contribution in [3.8, 4) is 0 Å². The minimum absolute atomic E-state index is 0.00338. The molecule has 0 aliphatic rings. The monoisotopic (exact) mass is 710 g/mol. The van der Waals surface area contributed by atoms with Gasteiger partial charge in [-0.05, 0) is 0 Å². The van der Waals surface area contributed by atoms with E-state index in [4.69, 9.17) is 5.73 Å². The van der Waals surface area contributed by atoms with Crippen LogP contribution in [-0.2, 0) is 42.3 Å². The standard InChI is InChI=1S/C12H12N6O4.C11H17N5O2.C6H9N3O2/c1-15-7-5(9(19)17(3)11(15)21)14-8-6(13-7)10(20)18(4)12(22)16(8)2;1-5-6(17)7-9(12-2)16-8(11(18)14-4)10(13-3)15-7;1-8-3-4(7)5(10)9(2)6(8)11/h1-4H3;5H2,1-4H3,(H,12,16)(H,13,15)(H,14,18);3H,7H2,1-2H3. The van der Waals surface area contributed by atoms with Crippen molar-refractivity contribution in [2.75, 3.05) is 37.5 Å². The Morgan fingerprint density at radius 3 is 1.45 bits per heavy atom. The summed E-state index contributed by atoms with van der Waals surface area (Å²) in [5.74, 6) is 0.0928. The number of hydrogen-bond donors (Lipinski definition) is 4. The van der Waals surface area contributed by atoms with E-state index in [2.05, 4.69) is 35.9 Å². The van der Waals surface area contributed by atoms with Crippen LogP contribution in [0.25, 0.3) is 22.3 Å². The van der Waals surface area contributed by atoms with Gasteiger partial charge in [-0.25, -0.2) is 34.3 Å². The number of nitrogens with two attached hydrogens (primary N) is 1. The van der Waals surface area contributed by atoms with Gasteiger partial charge < -0.3 is 26.3 Å². The first-order valence-corrected chi connectivity index (χ1v) is 15.0. The van der Waals surface area contributed by atoms with Gasteiger partial charge in [0.15, 0.2) is 51.1 Å². The summed E-state index contributed by atoms with van der Waals surface area (Å²) in [5, 5.41) is 8.02. The number of Topliss-reactive ketones (excluding diaryl/α,β-unsaturated/α-hetero) is 1. The lowest BCUT2D eigenvalue weighted by Crippen LogP contribution is -2.40. The lowest BCUT2D eigenvalue weighted by Gasteiger charge is -2.11. The fourth-order valence-corrected chi connectivity index (χ4v) is 4.55. The van der Waals surface area contributed by atoms with Gasteiger partial charge in [0.05, 0.1) is 0 Å². The highest BCUT2D eigenvalue weighted by Crippen LogP contribution is 2.18. The van der Waals surface area contributed by atoms with E-state index in [0.29, 0.717) is 12.2 Å². The largest absolute Gasteiger partial charge is 0.393 e. The van der Waals surface area contributed by atoms with Crippen molar-refractivity contribution >= 4 is 51.3 Å². The minimum atomic E-state index is -0.638. The SMILES string of the molecule is CCC(=O)c1nc(NC)c(C(=O)NC)nc1NC.Cn1c(=O)c2nc3c(nc2n(C)c1=O)c(=O)n(C)c(=O)n3C.Cn1cc(N)c(=O)n(C)c1=O. The van der Waals surface area contributed by atoms with Crippen LogP contribution in [0, 0.1) is 0 Å². The molecule has 0 aromatic carbocycles. The van der Waals surface area contributed by atoms with Gasteiger partial charge in [0.2, 0.25) is 0 Å². The van der Waals surface area contributed by atoms with Gasteiger partial charge in [-0.3, -0.25) is 46.8 Å². The molecule has 0 unspecified atom stereocenters. The van der Waals surface area contributed by atoms with Crippen molar-refractivity contribution in [3.05, 3.63) is 80.1 Å². The quantitative estimate of drug-likeness (QED) is 0.103. The second-order valence-electron chi connectivity index (χ2n) is 10.8. The number of nitrogens with zero attached hydrogens (tertiary/aromatic N) is 10. The average molecular weight is 711 g/mol. The normalized spacial score (nSPS) is 10.5. The number of nitrogen functional groups attached to an aromatic ring is 1. The third kappa shape index (κ3) is 7.18. The second-order valence-corrected chi connectivity index (χ2v) is 10.8. The van der Waals surface area contributed by atoms with E-state index >= 15 is 0 Å². The summed E-state index contributed by atoms with van der Waals surface area (Å²) in [5.41, 5.74) is 2.34. The highest BCUT2D eigenvalue weighted by molar-refractivity contribution is 6.02. The van der Waals surface area contributed by atoms with Crippen LogP contribution in [0.15, 0.2) is 35.0 Å². The molecule has 5 rings (SSSR count). The van der Waals surface area contributed by atoms with E-state index in [9.17, 15) is 38.4 Å². The number of amides is 1. The van der Waals surface area contributed by atoms with Crippen molar-refractivity contribution < 1.29 is 9.59 Å². The van der Waals surface area contributed by atoms with Gasteiger partial charge in [0, 0.05) is 76.0 Å². The number of ketones is 1. The lowest BCUT2D eigenvalue weighted by atomic mass is 10.2. The molecule has 22 nitrogen and oxygen atoms in total. The van der Waals surface area contributed by atoms with Gasteiger partial charge in [-0.2, -0.15) is 0 Å². The Balaban J connectivity index is 0.000000218. The summed E-state index contributed by atoms with van der Waals surface area (Å²) in [7, 11) is 13.2. The smallest absolute Gasteiger partial charge is 0.332 e. The van der Waals surface area contributed by atoms with Crippen LogP contribution >= 0.6 is 0 Å². The minimum Gasteiger partial charge on any atom is -0.393 e. The number of fused-ring (bicyclic) bond motifs is 2. The topological polar surface area (TPSA) is 280 Å². The molecule has 0 atom stereocenters.